The number of ketones is 1. The van der Waals surface area contributed by atoms with Crippen molar-refractivity contribution in [3.05, 3.63) is 12.2 Å². The summed E-state index contributed by atoms with van der Waals surface area (Å²) in [5.41, 5.74) is -0.0360. The van der Waals surface area contributed by atoms with Crippen LogP contribution < -0.4 is 0 Å². The number of Topliss-reactive ketones (excluding diaryl/α,β-unsaturated/α-hetero) is 1. The van der Waals surface area contributed by atoms with Crippen LogP contribution in [-0.4, -0.2) is 17.5 Å². The highest BCUT2D eigenvalue weighted by molar-refractivity contribution is 5.85. The van der Waals surface area contributed by atoms with E-state index in [4.69, 9.17) is 5.11 Å². The molecule has 2 nitrogen and oxygen atoms in total. The van der Waals surface area contributed by atoms with Crippen molar-refractivity contribution in [2.45, 2.75) is 26.2 Å². The highest BCUT2D eigenvalue weighted by Gasteiger charge is 2.45. The summed E-state index contributed by atoms with van der Waals surface area (Å²) in [6, 6.07) is 0. The van der Waals surface area contributed by atoms with Crippen molar-refractivity contribution in [1.29, 1.82) is 0 Å². The molecule has 2 heteroatoms. The number of hydrogen-bond acceptors (Lipinski definition) is 2. The van der Waals surface area contributed by atoms with Gasteiger partial charge in [-0.3, -0.25) is 4.79 Å². The van der Waals surface area contributed by atoms with Crippen molar-refractivity contribution in [2.24, 2.45) is 5.41 Å². The predicted octanol–water partition coefficient (Wildman–Crippen LogP) is 1.29. The molecule has 0 spiro atoms. The van der Waals surface area contributed by atoms with Gasteiger partial charge in [-0.15, -0.1) is 0 Å². The number of carbonyl (C=O) groups is 1. The molecular formula is C9H14O2. The van der Waals surface area contributed by atoms with Crippen LogP contribution in [0.5, 0.6) is 0 Å². The molecular weight excluding hydrogens is 140 g/mol. The lowest BCUT2D eigenvalue weighted by molar-refractivity contribution is -0.121. The van der Waals surface area contributed by atoms with Crippen LogP contribution in [0.25, 0.3) is 0 Å². The van der Waals surface area contributed by atoms with Gasteiger partial charge in [0.2, 0.25) is 0 Å². The average molecular weight is 154 g/mol. The molecule has 0 heterocycles. The zero-order valence-electron chi connectivity index (χ0n) is 6.84. The number of carbonyl (C=O) groups excluding carboxylic acids is 1. The molecule has 0 amide bonds. The quantitative estimate of drug-likeness (QED) is 0.619. The molecule has 1 fully saturated rings. The molecule has 0 bridgehead atoms. The third kappa shape index (κ3) is 1.90. The minimum Gasteiger partial charge on any atom is -0.392 e. The monoisotopic (exact) mass is 154 g/mol. The Hall–Kier alpha value is -0.630. The number of hydrogen-bond donors (Lipinski definition) is 1. The number of aliphatic hydroxyl groups is 1. The van der Waals surface area contributed by atoms with Crippen molar-refractivity contribution in [3.63, 3.8) is 0 Å². The van der Waals surface area contributed by atoms with E-state index in [0.717, 1.165) is 19.3 Å². The first kappa shape index (κ1) is 8.47. The van der Waals surface area contributed by atoms with Crippen LogP contribution >= 0.6 is 0 Å². The Morgan fingerprint density at radius 1 is 1.55 bits per heavy atom. The van der Waals surface area contributed by atoms with Crippen LogP contribution in [0, 0.1) is 5.41 Å². The van der Waals surface area contributed by atoms with Crippen molar-refractivity contribution < 1.29 is 9.90 Å². The average Bonchev–Trinajstić information content (AvgIpc) is 2.70. The van der Waals surface area contributed by atoms with E-state index in [9.17, 15) is 4.79 Å². The van der Waals surface area contributed by atoms with Crippen LogP contribution in [-0.2, 0) is 4.79 Å². The van der Waals surface area contributed by atoms with Gasteiger partial charge in [-0.1, -0.05) is 12.2 Å². The Morgan fingerprint density at radius 2 is 2.18 bits per heavy atom. The van der Waals surface area contributed by atoms with Crippen LogP contribution in [0.4, 0.5) is 0 Å². The smallest absolute Gasteiger partial charge is 0.136 e. The molecule has 0 radical (unpaired) electrons. The minimum absolute atomic E-state index is 0.0360. The second-order valence-corrected chi connectivity index (χ2v) is 3.19. The highest BCUT2D eigenvalue weighted by atomic mass is 16.2. The first-order chi connectivity index (χ1) is 5.21. The molecule has 0 atom stereocenters. The summed E-state index contributed by atoms with van der Waals surface area (Å²) >= 11 is 0. The number of allylic oxidation sites excluding steroid dienone is 1. The van der Waals surface area contributed by atoms with Crippen molar-refractivity contribution in [1.82, 2.24) is 0 Å². The fraction of sp³-hybridized carbons (Fsp3) is 0.667. The summed E-state index contributed by atoms with van der Waals surface area (Å²) in [5.74, 6) is 0.292. The summed E-state index contributed by atoms with van der Waals surface area (Å²) in [6.45, 7) is 1.73. The van der Waals surface area contributed by atoms with Gasteiger partial charge in [0.05, 0.1) is 6.61 Å². The van der Waals surface area contributed by atoms with Crippen LogP contribution in [0.3, 0.4) is 0 Å². The summed E-state index contributed by atoms with van der Waals surface area (Å²) in [5, 5.41) is 8.45. The number of rotatable bonds is 4. The lowest BCUT2D eigenvalue weighted by Gasteiger charge is -2.05. The van der Waals surface area contributed by atoms with Gasteiger partial charge in [0.25, 0.3) is 0 Å². The molecule has 0 unspecified atom stereocenters. The molecule has 0 aliphatic heterocycles. The number of aliphatic hydroxyl groups excluding tert-OH is 1. The third-order valence-corrected chi connectivity index (χ3v) is 2.38. The molecule has 11 heavy (non-hydrogen) atoms. The molecule has 0 aromatic rings. The van der Waals surface area contributed by atoms with Crippen LogP contribution in [0.1, 0.15) is 26.2 Å². The maximum absolute atomic E-state index is 11.0. The first-order valence-electron chi connectivity index (χ1n) is 3.98. The van der Waals surface area contributed by atoms with E-state index in [1.807, 2.05) is 6.08 Å². The lowest BCUT2D eigenvalue weighted by Crippen LogP contribution is -2.10. The summed E-state index contributed by atoms with van der Waals surface area (Å²) in [6.07, 6.45) is 6.45. The van der Waals surface area contributed by atoms with Crippen molar-refractivity contribution in [3.8, 4) is 0 Å². The zero-order chi connectivity index (χ0) is 8.32. The van der Waals surface area contributed by atoms with Crippen molar-refractivity contribution >= 4 is 5.78 Å². The predicted molar refractivity (Wildman–Crippen MR) is 43.2 cm³/mol. The molecule has 1 aliphatic carbocycles. The van der Waals surface area contributed by atoms with Gasteiger partial charge in [-0.25, -0.2) is 0 Å². The van der Waals surface area contributed by atoms with Gasteiger partial charge in [-0.05, 0) is 26.2 Å². The molecule has 1 aliphatic rings. The normalized spacial score (nSPS) is 20.5. The topological polar surface area (TPSA) is 37.3 Å². The lowest BCUT2D eigenvalue weighted by atomic mass is 9.98. The second kappa shape index (κ2) is 3.18. The minimum atomic E-state index is -0.0360. The van der Waals surface area contributed by atoms with E-state index in [-0.39, 0.29) is 12.0 Å². The van der Waals surface area contributed by atoms with Gasteiger partial charge < -0.3 is 5.11 Å². The zero-order valence-corrected chi connectivity index (χ0v) is 6.84. The van der Waals surface area contributed by atoms with E-state index in [1.54, 1.807) is 13.0 Å². The van der Waals surface area contributed by atoms with E-state index in [2.05, 4.69) is 0 Å². The van der Waals surface area contributed by atoms with Gasteiger partial charge in [-0.2, -0.15) is 0 Å². The molecule has 1 N–H and O–H groups in total. The van der Waals surface area contributed by atoms with Gasteiger partial charge in [0, 0.05) is 5.41 Å². The SMILES string of the molecule is CC(=O)C1(CC=CCO)CC1. The highest BCUT2D eigenvalue weighted by Crippen LogP contribution is 2.49. The summed E-state index contributed by atoms with van der Waals surface area (Å²) in [4.78, 5) is 11.0. The van der Waals surface area contributed by atoms with Gasteiger partial charge in [0.1, 0.15) is 5.78 Å². The third-order valence-electron chi connectivity index (χ3n) is 2.38. The molecule has 0 aromatic carbocycles. The van der Waals surface area contributed by atoms with Crippen molar-refractivity contribution in [2.75, 3.05) is 6.61 Å². The summed E-state index contributed by atoms with van der Waals surface area (Å²) < 4.78 is 0. The van der Waals surface area contributed by atoms with Crippen LogP contribution in [0.2, 0.25) is 0 Å². The molecule has 1 saturated carbocycles. The maximum atomic E-state index is 11.0. The molecule has 0 aromatic heterocycles. The second-order valence-electron chi connectivity index (χ2n) is 3.19. The summed E-state index contributed by atoms with van der Waals surface area (Å²) in [7, 11) is 0. The largest absolute Gasteiger partial charge is 0.392 e. The van der Waals surface area contributed by atoms with Gasteiger partial charge >= 0.3 is 0 Å². The standard InChI is InChI=1S/C9H14O2/c1-8(11)9(5-6-9)4-2-3-7-10/h2-3,10H,4-7H2,1H3. The Bertz CT molecular complexity index is 178. The Morgan fingerprint density at radius 3 is 2.55 bits per heavy atom. The van der Waals surface area contributed by atoms with E-state index in [0.29, 0.717) is 5.78 Å². The van der Waals surface area contributed by atoms with E-state index < -0.39 is 0 Å². The van der Waals surface area contributed by atoms with E-state index >= 15 is 0 Å². The molecule has 1 rings (SSSR count). The Balaban J connectivity index is 2.36. The first-order valence-corrected chi connectivity index (χ1v) is 3.98. The fourth-order valence-corrected chi connectivity index (χ4v) is 1.23. The fourth-order valence-electron chi connectivity index (χ4n) is 1.23. The maximum Gasteiger partial charge on any atom is 0.136 e. The molecule has 0 saturated heterocycles. The molecule has 62 valence electrons. The Labute approximate surface area is 66.9 Å². The Kier molecular flexibility index (Phi) is 2.45. The van der Waals surface area contributed by atoms with Gasteiger partial charge in [0.15, 0.2) is 0 Å². The van der Waals surface area contributed by atoms with E-state index in [1.165, 1.54) is 0 Å². The van der Waals surface area contributed by atoms with Crippen LogP contribution in [0.15, 0.2) is 12.2 Å².